The summed E-state index contributed by atoms with van der Waals surface area (Å²) in [4.78, 5) is 10.1. The first-order valence-electron chi connectivity index (χ1n) is 4.36. The molecule has 0 aliphatic rings. The third kappa shape index (κ3) is 7.49. The maximum absolute atomic E-state index is 12.5. The number of sulfonamides is 1. The van der Waals surface area contributed by atoms with Crippen LogP contribution in [0.25, 0.3) is 0 Å². The van der Waals surface area contributed by atoms with Gasteiger partial charge in [0.1, 0.15) is 6.61 Å². The van der Waals surface area contributed by atoms with Crippen molar-refractivity contribution in [2.75, 3.05) is 18.9 Å². The number of aliphatic hydroxyl groups excluding tert-OH is 1. The van der Waals surface area contributed by atoms with E-state index in [1.807, 2.05) is 0 Å². The van der Waals surface area contributed by atoms with Gasteiger partial charge in [-0.1, -0.05) is 0 Å². The minimum atomic E-state index is -3.92. The van der Waals surface area contributed by atoms with Crippen LogP contribution in [0.5, 0.6) is 0 Å². The van der Waals surface area contributed by atoms with Crippen LogP contribution < -0.4 is 4.72 Å². The van der Waals surface area contributed by atoms with E-state index in [0.717, 1.165) is 0 Å². The van der Waals surface area contributed by atoms with Crippen LogP contribution in [0.15, 0.2) is 0 Å². The van der Waals surface area contributed by atoms with Gasteiger partial charge in [0.05, 0.1) is 12.3 Å². The lowest BCUT2D eigenvalue weighted by atomic mass is 10.3. The Morgan fingerprint density at radius 3 is 2.38 bits per heavy atom. The highest BCUT2D eigenvalue weighted by Crippen LogP contribution is 2.10. The summed E-state index contributed by atoms with van der Waals surface area (Å²) in [6.45, 7) is -2.65. The molecule has 0 bridgehead atoms. The van der Waals surface area contributed by atoms with Crippen molar-refractivity contribution >= 4 is 16.0 Å². The molecule has 0 saturated heterocycles. The number of carboxylic acids is 1. The molecule has 0 radical (unpaired) electrons. The van der Waals surface area contributed by atoms with Gasteiger partial charge in [-0.05, 0) is 6.42 Å². The fourth-order valence-corrected chi connectivity index (χ4v) is 1.86. The molecule has 0 spiro atoms. The Labute approximate surface area is 91.3 Å². The van der Waals surface area contributed by atoms with Gasteiger partial charge in [0.15, 0.2) is 0 Å². The van der Waals surface area contributed by atoms with Gasteiger partial charge in [0, 0.05) is 6.42 Å². The standard InChI is InChI=1S/C7H13F2NO5S/c8-7(9,5-11)4-10-16(14,15)3-1-2-6(12)13/h10-11H,1-5H2,(H,12,13). The average Bonchev–Trinajstić information content (AvgIpc) is 2.14. The van der Waals surface area contributed by atoms with Crippen molar-refractivity contribution in [2.24, 2.45) is 0 Å². The summed E-state index contributed by atoms with van der Waals surface area (Å²) in [7, 11) is -3.92. The van der Waals surface area contributed by atoms with Gasteiger partial charge < -0.3 is 10.2 Å². The maximum atomic E-state index is 12.5. The first-order valence-corrected chi connectivity index (χ1v) is 6.01. The summed E-state index contributed by atoms with van der Waals surface area (Å²) in [5.41, 5.74) is 0. The monoisotopic (exact) mass is 261 g/mol. The molecule has 6 nitrogen and oxygen atoms in total. The zero-order valence-corrected chi connectivity index (χ0v) is 9.14. The first kappa shape index (κ1) is 15.2. The minimum absolute atomic E-state index is 0.157. The van der Waals surface area contributed by atoms with Gasteiger partial charge in [-0.25, -0.2) is 21.9 Å². The number of nitrogens with one attached hydrogen (secondary N) is 1. The normalized spacial score (nSPS) is 12.7. The highest BCUT2D eigenvalue weighted by atomic mass is 32.2. The maximum Gasteiger partial charge on any atom is 0.303 e. The summed E-state index contributed by atoms with van der Waals surface area (Å²) in [5.74, 6) is -5.21. The molecule has 0 amide bonds. The van der Waals surface area contributed by atoms with Crippen LogP contribution >= 0.6 is 0 Å². The number of halogens is 2. The summed E-state index contributed by atoms with van der Waals surface area (Å²) in [5, 5.41) is 16.4. The molecule has 0 heterocycles. The molecule has 9 heteroatoms. The lowest BCUT2D eigenvalue weighted by Gasteiger charge is -2.13. The highest BCUT2D eigenvalue weighted by Gasteiger charge is 2.29. The summed E-state index contributed by atoms with van der Waals surface area (Å²) in [6, 6.07) is 0. The quantitative estimate of drug-likeness (QED) is 0.541. The Morgan fingerprint density at radius 1 is 1.38 bits per heavy atom. The molecule has 0 unspecified atom stereocenters. The Balaban J connectivity index is 4.02. The van der Waals surface area contributed by atoms with Crippen LogP contribution in [0.2, 0.25) is 0 Å². The van der Waals surface area contributed by atoms with E-state index in [9.17, 15) is 22.0 Å². The van der Waals surface area contributed by atoms with Crippen molar-refractivity contribution in [3.05, 3.63) is 0 Å². The van der Waals surface area contributed by atoms with E-state index >= 15 is 0 Å². The van der Waals surface area contributed by atoms with Crippen LogP contribution in [-0.2, 0) is 14.8 Å². The van der Waals surface area contributed by atoms with Crippen LogP contribution in [-0.4, -0.2) is 49.4 Å². The van der Waals surface area contributed by atoms with Crippen LogP contribution in [0.4, 0.5) is 8.78 Å². The van der Waals surface area contributed by atoms with Crippen molar-refractivity contribution in [2.45, 2.75) is 18.8 Å². The summed E-state index contributed by atoms with van der Waals surface area (Å²) in [6.07, 6.45) is -0.507. The second kappa shape index (κ2) is 6.06. The first-order chi connectivity index (χ1) is 7.18. The second-order valence-corrected chi connectivity index (χ2v) is 5.08. The molecule has 0 aromatic rings. The zero-order chi connectivity index (χ0) is 12.8. The van der Waals surface area contributed by atoms with Crippen LogP contribution in [0.3, 0.4) is 0 Å². The number of hydrogen-bond acceptors (Lipinski definition) is 4. The number of aliphatic carboxylic acids is 1. The fourth-order valence-electron chi connectivity index (χ4n) is 0.757. The van der Waals surface area contributed by atoms with Gasteiger partial charge in [0.2, 0.25) is 10.0 Å². The molecule has 0 aromatic heterocycles. The third-order valence-corrected chi connectivity index (χ3v) is 3.00. The van der Waals surface area contributed by atoms with Crippen molar-refractivity contribution in [3.8, 4) is 0 Å². The number of aliphatic hydroxyl groups is 1. The number of rotatable bonds is 8. The van der Waals surface area contributed by atoms with Gasteiger partial charge in [-0.3, -0.25) is 4.79 Å². The van der Waals surface area contributed by atoms with Gasteiger partial charge in [-0.2, -0.15) is 0 Å². The predicted molar refractivity (Wildman–Crippen MR) is 50.7 cm³/mol. The SMILES string of the molecule is O=C(O)CCCS(=O)(=O)NCC(F)(F)CO. The molecule has 0 aliphatic carbocycles. The van der Waals surface area contributed by atoms with Crippen molar-refractivity contribution in [3.63, 3.8) is 0 Å². The zero-order valence-electron chi connectivity index (χ0n) is 8.32. The molecular weight excluding hydrogens is 248 g/mol. The second-order valence-electron chi connectivity index (χ2n) is 3.15. The Morgan fingerprint density at radius 2 is 1.94 bits per heavy atom. The largest absolute Gasteiger partial charge is 0.481 e. The Hall–Kier alpha value is -0.800. The number of hydrogen-bond donors (Lipinski definition) is 3. The van der Waals surface area contributed by atoms with Gasteiger partial charge >= 0.3 is 5.97 Å². The lowest BCUT2D eigenvalue weighted by Crippen LogP contribution is -2.39. The van der Waals surface area contributed by atoms with E-state index in [2.05, 4.69) is 0 Å². The Bertz CT molecular complexity index is 330. The molecule has 0 fully saturated rings. The van der Waals surface area contributed by atoms with E-state index in [4.69, 9.17) is 10.2 Å². The smallest absolute Gasteiger partial charge is 0.303 e. The van der Waals surface area contributed by atoms with Crippen LogP contribution in [0, 0.1) is 0 Å². The number of carbonyl (C=O) groups is 1. The molecule has 16 heavy (non-hydrogen) atoms. The van der Waals surface area contributed by atoms with E-state index in [-0.39, 0.29) is 12.8 Å². The van der Waals surface area contributed by atoms with E-state index in [1.165, 1.54) is 0 Å². The lowest BCUT2D eigenvalue weighted by molar-refractivity contribution is -0.137. The minimum Gasteiger partial charge on any atom is -0.481 e. The van der Waals surface area contributed by atoms with Crippen LogP contribution in [0.1, 0.15) is 12.8 Å². The van der Waals surface area contributed by atoms with E-state index < -0.39 is 40.8 Å². The number of carboxylic acid groups (broad SMARTS) is 1. The van der Waals surface area contributed by atoms with Crippen molar-refractivity contribution in [1.82, 2.24) is 4.72 Å². The van der Waals surface area contributed by atoms with Crippen molar-refractivity contribution in [1.29, 1.82) is 0 Å². The molecule has 0 rings (SSSR count). The Kier molecular flexibility index (Phi) is 5.76. The molecule has 0 aliphatic heterocycles. The number of alkyl halides is 2. The van der Waals surface area contributed by atoms with E-state index in [0.29, 0.717) is 0 Å². The van der Waals surface area contributed by atoms with Gasteiger partial charge in [-0.15, -0.1) is 0 Å². The molecule has 3 N–H and O–H groups in total. The highest BCUT2D eigenvalue weighted by molar-refractivity contribution is 7.89. The molecule has 0 atom stereocenters. The molecular formula is C7H13F2NO5S. The predicted octanol–water partition coefficient (Wildman–Crippen LogP) is -0.602. The average molecular weight is 261 g/mol. The summed E-state index contributed by atoms with van der Waals surface area (Å²) >= 11 is 0. The molecule has 96 valence electrons. The third-order valence-electron chi connectivity index (χ3n) is 1.59. The van der Waals surface area contributed by atoms with Crippen molar-refractivity contribution < 1.29 is 32.2 Å². The molecule has 0 saturated carbocycles. The van der Waals surface area contributed by atoms with Gasteiger partial charge in [0.25, 0.3) is 5.92 Å². The fraction of sp³-hybridized carbons (Fsp3) is 0.857. The topological polar surface area (TPSA) is 104 Å². The van der Waals surface area contributed by atoms with E-state index in [1.54, 1.807) is 4.72 Å². The molecule has 0 aromatic carbocycles. The summed E-state index contributed by atoms with van der Waals surface area (Å²) < 4.78 is 48.6.